The summed E-state index contributed by atoms with van der Waals surface area (Å²) in [4.78, 5) is 23.3. The number of carbonyl (C=O) groups excluding carboxylic acids is 1. The number of hydrogen-bond donors (Lipinski definition) is 1. The highest BCUT2D eigenvalue weighted by atomic mass is 19.3. The highest BCUT2D eigenvalue weighted by Gasteiger charge is 2.22. The molecule has 106 valence electrons. The van der Waals surface area contributed by atoms with Crippen molar-refractivity contribution in [1.29, 1.82) is 0 Å². The van der Waals surface area contributed by atoms with Crippen molar-refractivity contribution in [2.75, 3.05) is 5.32 Å². The van der Waals surface area contributed by atoms with Crippen molar-refractivity contribution >= 4 is 11.6 Å². The quantitative estimate of drug-likeness (QED) is 0.930. The molecule has 0 unspecified atom stereocenters. The van der Waals surface area contributed by atoms with Crippen molar-refractivity contribution in [2.45, 2.75) is 13.3 Å². The van der Waals surface area contributed by atoms with Gasteiger partial charge in [-0.1, -0.05) is 18.2 Å². The van der Waals surface area contributed by atoms with Crippen LogP contribution in [0.2, 0.25) is 0 Å². The number of amides is 1. The number of nitrogens with one attached hydrogen (secondary N) is 1. The summed E-state index contributed by atoms with van der Waals surface area (Å²) in [6, 6.07) is 8.71. The third kappa shape index (κ3) is 2.34. The second-order valence-corrected chi connectivity index (χ2v) is 4.23. The Bertz CT molecular complexity index is 690. The first kappa shape index (κ1) is 14.0. The highest BCUT2D eigenvalue weighted by Crippen LogP contribution is 2.14. The first-order chi connectivity index (χ1) is 9.43. The smallest absolute Gasteiger partial charge is 0.315 e. The Balaban J connectivity index is 2.53. The third-order valence-electron chi connectivity index (χ3n) is 3.00. The number of alkyl halides is 2. The minimum Gasteiger partial charge on any atom is -0.315 e. The summed E-state index contributed by atoms with van der Waals surface area (Å²) in [5.74, 6) is -1.49. The van der Waals surface area contributed by atoms with Crippen molar-refractivity contribution in [3.05, 3.63) is 46.4 Å². The summed E-state index contributed by atoms with van der Waals surface area (Å²) in [7, 11) is 1.61. The maximum absolute atomic E-state index is 12.3. The summed E-state index contributed by atoms with van der Waals surface area (Å²) in [5.41, 5.74) is 0.292. The van der Waals surface area contributed by atoms with Crippen molar-refractivity contribution in [3.8, 4) is 5.69 Å². The van der Waals surface area contributed by atoms with Crippen molar-refractivity contribution < 1.29 is 13.6 Å². The lowest BCUT2D eigenvalue weighted by Crippen LogP contribution is -2.26. The first-order valence-electron chi connectivity index (χ1n) is 5.86. The zero-order valence-electron chi connectivity index (χ0n) is 10.9. The van der Waals surface area contributed by atoms with Gasteiger partial charge in [-0.15, -0.1) is 0 Å². The summed E-state index contributed by atoms with van der Waals surface area (Å²) in [6.45, 7) is 1.57. The van der Waals surface area contributed by atoms with Gasteiger partial charge in [0.1, 0.15) is 5.69 Å². The van der Waals surface area contributed by atoms with E-state index >= 15 is 0 Å². The van der Waals surface area contributed by atoms with E-state index in [0.29, 0.717) is 11.4 Å². The molecular formula is C13H13F2N3O2. The van der Waals surface area contributed by atoms with Crippen LogP contribution in [0.25, 0.3) is 5.69 Å². The Morgan fingerprint density at radius 1 is 1.25 bits per heavy atom. The number of hydrogen-bond acceptors (Lipinski definition) is 2. The van der Waals surface area contributed by atoms with Crippen LogP contribution in [0.1, 0.15) is 5.69 Å². The van der Waals surface area contributed by atoms with E-state index in [1.54, 1.807) is 44.3 Å². The molecule has 7 heteroatoms. The average Bonchev–Trinajstić information content (AvgIpc) is 2.63. The molecule has 0 saturated heterocycles. The van der Waals surface area contributed by atoms with Crippen LogP contribution in [0.4, 0.5) is 14.5 Å². The van der Waals surface area contributed by atoms with E-state index in [0.717, 1.165) is 0 Å². The normalized spacial score (nSPS) is 10.8. The molecule has 0 aliphatic heterocycles. The molecular weight excluding hydrogens is 268 g/mol. The van der Waals surface area contributed by atoms with Gasteiger partial charge < -0.3 is 5.32 Å². The summed E-state index contributed by atoms with van der Waals surface area (Å²) < 4.78 is 27.4. The monoisotopic (exact) mass is 281 g/mol. The van der Waals surface area contributed by atoms with Crippen LogP contribution < -0.4 is 10.9 Å². The molecule has 0 aliphatic carbocycles. The van der Waals surface area contributed by atoms with Gasteiger partial charge >= 0.3 is 6.43 Å². The minimum absolute atomic E-state index is 0.137. The molecule has 1 aromatic heterocycles. The molecule has 1 N–H and O–H groups in total. The van der Waals surface area contributed by atoms with Gasteiger partial charge in [-0.3, -0.25) is 14.3 Å². The zero-order valence-corrected chi connectivity index (χ0v) is 10.9. The molecule has 1 aromatic carbocycles. The van der Waals surface area contributed by atoms with Crippen LogP contribution in [0.3, 0.4) is 0 Å². The largest absolute Gasteiger partial charge is 0.315 e. The fourth-order valence-electron chi connectivity index (χ4n) is 1.89. The molecule has 0 spiro atoms. The summed E-state index contributed by atoms with van der Waals surface area (Å²) in [5, 5.41) is 1.97. The van der Waals surface area contributed by atoms with Gasteiger partial charge in [0.05, 0.1) is 11.4 Å². The van der Waals surface area contributed by atoms with Crippen LogP contribution >= 0.6 is 0 Å². The number of aromatic nitrogens is 2. The number of halogens is 2. The van der Waals surface area contributed by atoms with E-state index in [-0.39, 0.29) is 5.69 Å². The third-order valence-corrected chi connectivity index (χ3v) is 3.00. The van der Waals surface area contributed by atoms with E-state index in [1.165, 1.54) is 9.36 Å². The van der Waals surface area contributed by atoms with E-state index in [2.05, 4.69) is 0 Å². The number of benzene rings is 1. The number of anilines is 1. The lowest BCUT2D eigenvalue weighted by molar-refractivity contribution is -0.126. The Labute approximate surface area is 113 Å². The topological polar surface area (TPSA) is 56.0 Å². The molecule has 0 saturated carbocycles. The Morgan fingerprint density at radius 3 is 2.40 bits per heavy atom. The fraction of sp³-hybridized carbons (Fsp3) is 0.231. The number of nitrogens with zero attached hydrogens (tertiary/aromatic N) is 2. The molecule has 1 heterocycles. The van der Waals surface area contributed by atoms with Gasteiger partial charge in [-0.2, -0.15) is 8.78 Å². The molecule has 0 aliphatic rings. The second kappa shape index (κ2) is 5.28. The molecule has 2 rings (SSSR count). The van der Waals surface area contributed by atoms with Gasteiger partial charge in [-0.05, 0) is 19.1 Å². The second-order valence-electron chi connectivity index (χ2n) is 4.23. The van der Waals surface area contributed by atoms with Crippen LogP contribution in [-0.2, 0) is 11.8 Å². The Kier molecular flexibility index (Phi) is 3.69. The molecule has 0 bridgehead atoms. The van der Waals surface area contributed by atoms with E-state index in [9.17, 15) is 18.4 Å². The highest BCUT2D eigenvalue weighted by molar-refractivity contribution is 5.93. The lowest BCUT2D eigenvalue weighted by atomic mass is 10.3. The number of para-hydroxylation sites is 1. The average molecular weight is 281 g/mol. The summed E-state index contributed by atoms with van der Waals surface area (Å²) in [6.07, 6.45) is -3.17. The van der Waals surface area contributed by atoms with E-state index in [4.69, 9.17) is 0 Å². The summed E-state index contributed by atoms with van der Waals surface area (Å²) >= 11 is 0. The molecule has 2 aromatic rings. The number of carbonyl (C=O) groups is 1. The zero-order chi connectivity index (χ0) is 14.9. The van der Waals surface area contributed by atoms with Gasteiger partial charge in [0.15, 0.2) is 0 Å². The van der Waals surface area contributed by atoms with E-state index < -0.39 is 17.9 Å². The SMILES string of the molecule is Cc1c(NC(=O)C(F)F)c(=O)n(-c2ccccc2)n1C. The Hall–Kier alpha value is -2.44. The molecule has 20 heavy (non-hydrogen) atoms. The number of rotatable bonds is 3. The first-order valence-corrected chi connectivity index (χ1v) is 5.86. The fourth-order valence-corrected chi connectivity index (χ4v) is 1.89. The van der Waals surface area contributed by atoms with Crippen LogP contribution in [0.5, 0.6) is 0 Å². The maximum Gasteiger partial charge on any atom is 0.315 e. The standard InChI is InChI=1S/C13H13F2N3O2/c1-8-10(16-12(19)11(14)15)13(20)18(17(8)2)9-6-4-3-5-7-9/h3-7,11H,1-2H3,(H,16,19). The van der Waals surface area contributed by atoms with Crippen molar-refractivity contribution in [1.82, 2.24) is 9.36 Å². The maximum atomic E-state index is 12.3. The van der Waals surface area contributed by atoms with Gasteiger partial charge in [0.25, 0.3) is 11.5 Å². The lowest BCUT2D eigenvalue weighted by Gasteiger charge is -2.07. The predicted octanol–water partition coefficient (Wildman–Crippen LogP) is 1.69. The minimum atomic E-state index is -3.17. The predicted molar refractivity (Wildman–Crippen MR) is 70.4 cm³/mol. The van der Waals surface area contributed by atoms with Gasteiger partial charge in [-0.25, -0.2) is 4.68 Å². The van der Waals surface area contributed by atoms with Gasteiger partial charge in [0, 0.05) is 7.05 Å². The van der Waals surface area contributed by atoms with Crippen molar-refractivity contribution in [3.63, 3.8) is 0 Å². The molecule has 0 fully saturated rings. The van der Waals surface area contributed by atoms with Crippen LogP contribution in [0, 0.1) is 6.92 Å². The molecule has 5 nitrogen and oxygen atoms in total. The van der Waals surface area contributed by atoms with E-state index in [1.807, 2.05) is 5.32 Å². The van der Waals surface area contributed by atoms with Crippen molar-refractivity contribution in [2.24, 2.45) is 7.05 Å². The Morgan fingerprint density at radius 2 is 1.85 bits per heavy atom. The molecule has 1 amide bonds. The van der Waals surface area contributed by atoms with Crippen LogP contribution in [0.15, 0.2) is 35.1 Å². The molecule has 0 atom stereocenters. The molecule has 0 radical (unpaired) electrons. The van der Waals surface area contributed by atoms with Gasteiger partial charge in [0.2, 0.25) is 0 Å². The van der Waals surface area contributed by atoms with Crippen LogP contribution in [-0.4, -0.2) is 21.7 Å².